The first-order valence-corrected chi connectivity index (χ1v) is 21.9. The molecule has 3 saturated heterocycles. The van der Waals surface area contributed by atoms with Gasteiger partial charge in [-0.1, -0.05) is 45.9 Å². The maximum Gasteiger partial charge on any atom is 0.411 e. The highest BCUT2D eigenvalue weighted by atomic mass is 35.5. The normalized spacial score (nSPS) is 35.4. The number of cyclic esters (lactones) is 1. The molecule has 1 amide bonds. The number of ketones is 2. The molecular formula is C45H66ClN5O10. The van der Waals surface area contributed by atoms with Crippen molar-refractivity contribution >= 4 is 35.2 Å². The third kappa shape index (κ3) is 9.92. The quantitative estimate of drug-likeness (QED) is 0.0860. The lowest BCUT2D eigenvalue weighted by Crippen LogP contribution is -2.60. The van der Waals surface area contributed by atoms with Gasteiger partial charge in [0.05, 0.1) is 35.9 Å². The third-order valence-electron chi connectivity index (χ3n) is 13.2. The molecule has 5 heterocycles. The maximum atomic E-state index is 14.8. The Hall–Kier alpha value is -3.73. The number of likely N-dealkylation sites (N-methyl/N-ethyl adjacent to an activating group) is 1. The summed E-state index contributed by atoms with van der Waals surface area (Å²) in [6, 6.07) is 0.733. The molecule has 0 saturated carbocycles. The molecule has 1 N–H and O–H groups in total. The predicted molar refractivity (Wildman–Crippen MR) is 229 cm³/mol. The zero-order chi connectivity index (χ0) is 45.1. The number of hydrogen-bond acceptors (Lipinski definition) is 13. The lowest BCUT2D eigenvalue weighted by molar-refractivity contribution is -0.295. The molecule has 0 radical (unpaired) electrons. The zero-order valence-corrected chi connectivity index (χ0v) is 38.4. The van der Waals surface area contributed by atoms with Crippen molar-refractivity contribution in [1.82, 2.24) is 24.3 Å². The van der Waals surface area contributed by atoms with Crippen molar-refractivity contribution in [3.05, 3.63) is 48.2 Å². The number of halogens is 1. The fourth-order valence-electron chi connectivity index (χ4n) is 9.59. The van der Waals surface area contributed by atoms with Crippen LogP contribution in [0.4, 0.5) is 4.79 Å². The van der Waals surface area contributed by atoms with E-state index in [0.29, 0.717) is 31.0 Å². The van der Waals surface area contributed by atoms with Crippen LogP contribution in [0.5, 0.6) is 0 Å². The molecular weight excluding hydrogens is 806 g/mol. The number of carbonyl (C=O) groups is 4. The minimum absolute atomic E-state index is 0.0988. The first-order valence-electron chi connectivity index (χ1n) is 21.5. The average molecular weight is 873 g/mol. The number of hydrogen-bond donors (Lipinski definition) is 1. The van der Waals surface area contributed by atoms with Crippen molar-refractivity contribution in [2.75, 3.05) is 27.7 Å². The molecule has 5 rings (SSSR count). The van der Waals surface area contributed by atoms with Crippen LogP contribution in [0.15, 0.2) is 37.4 Å². The molecule has 15 nitrogen and oxygen atoms in total. The number of amides is 1. The van der Waals surface area contributed by atoms with Crippen molar-refractivity contribution in [1.29, 1.82) is 0 Å². The van der Waals surface area contributed by atoms with Gasteiger partial charge < -0.3 is 38.3 Å². The van der Waals surface area contributed by atoms with Crippen LogP contribution >= 0.6 is 11.6 Å². The Bertz CT molecular complexity index is 1910. The number of unbranched alkanes of at least 4 members (excludes halogenated alkanes) is 1. The predicted octanol–water partition coefficient (Wildman–Crippen LogP) is 6.06. The van der Waals surface area contributed by atoms with Crippen LogP contribution < -0.4 is 0 Å². The standard InChI is InChI=1S/C45H66ClN5O10/c1-13-34-45(14-2)38(51(43(56)61-45)18-16-15-17-50-23-32(48-24-50)31-19-25(3)40(46)47-22-31)28(6)35(52)26(4)21-44(9,57-12)39(29(7)36(53)30(8)41(55)59-34)60-42-37(54)33(49(10)11)20-27(5)58-42/h14,19,22-24,26-30,33-34,37-39,42,54H,2,13,15-18,20-21H2,1,3-12H3/t26-,27-,28+,29+,30-,33+,34-,37-,38-,39-,42?,44+,45-/m1/s1. The monoisotopic (exact) mass is 871 g/mol. The van der Waals surface area contributed by atoms with Crippen LogP contribution in [0, 0.1) is 30.6 Å². The molecule has 0 bridgehead atoms. The molecule has 3 aliphatic rings. The van der Waals surface area contributed by atoms with Crippen LogP contribution in [-0.4, -0.2) is 135 Å². The number of Topliss-reactive ketones (excluding diaryl/α,β-unsaturated/α-hetero) is 2. The van der Waals surface area contributed by atoms with Gasteiger partial charge in [0.25, 0.3) is 0 Å². The van der Waals surface area contributed by atoms with Gasteiger partial charge in [-0.25, -0.2) is 14.8 Å². The number of imidazole rings is 1. The summed E-state index contributed by atoms with van der Waals surface area (Å²) in [7, 11) is 5.22. The third-order valence-corrected chi connectivity index (χ3v) is 13.6. The van der Waals surface area contributed by atoms with E-state index in [0.717, 1.165) is 16.8 Å². The molecule has 16 heteroatoms. The highest BCUT2D eigenvalue weighted by molar-refractivity contribution is 6.30. The van der Waals surface area contributed by atoms with Crippen molar-refractivity contribution in [3.8, 4) is 11.3 Å². The second-order valence-electron chi connectivity index (χ2n) is 17.8. The minimum Gasteiger partial charge on any atom is -0.457 e. The Morgan fingerprint density at radius 3 is 2.38 bits per heavy atom. The number of nitrogens with zero attached hydrogens (tertiary/aromatic N) is 5. The number of aromatic nitrogens is 3. The number of pyridine rings is 1. The highest BCUT2D eigenvalue weighted by Gasteiger charge is 2.61. The summed E-state index contributed by atoms with van der Waals surface area (Å²) in [6.07, 6.45) is 3.62. The van der Waals surface area contributed by atoms with Gasteiger partial charge in [-0.15, -0.1) is 0 Å². The van der Waals surface area contributed by atoms with E-state index in [1.54, 1.807) is 52.0 Å². The smallest absolute Gasteiger partial charge is 0.411 e. The summed E-state index contributed by atoms with van der Waals surface area (Å²) in [5.74, 6) is -5.26. The molecule has 0 aromatic carbocycles. The van der Waals surface area contributed by atoms with Crippen LogP contribution in [0.1, 0.15) is 86.1 Å². The van der Waals surface area contributed by atoms with E-state index >= 15 is 0 Å². The lowest BCUT2D eigenvalue weighted by atomic mass is 9.72. The molecule has 3 fully saturated rings. The van der Waals surface area contributed by atoms with Crippen LogP contribution in [-0.2, 0) is 44.6 Å². The molecule has 3 aliphatic heterocycles. The molecule has 61 heavy (non-hydrogen) atoms. The topological polar surface area (TPSA) is 172 Å². The summed E-state index contributed by atoms with van der Waals surface area (Å²) in [5, 5.41) is 11.9. The fraction of sp³-hybridized carbons (Fsp3) is 0.689. The Kier molecular flexibility index (Phi) is 15.6. The molecule has 2 aromatic rings. The van der Waals surface area contributed by atoms with Gasteiger partial charge in [-0.3, -0.25) is 19.3 Å². The van der Waals surface area contributed by atoms with Gasteiger partial charge in [-0.05, 0) is 91.6 Å². The average Bonchev–Trinajstić information content (AvgIpc) is 3.82. The number of rotatable bonds is 12. The number of aryl methyl sites for hydroxylation is 2. The summed E-state index contributed by atoms with van der Waals surface area (Å²) >= 11 is 6.12. The van der Waals surface area contributed by atoms with Crippen molar-refractivity contribution in [3.63, 3.8) is 0 Å². The van der Waals surface area contributed by atoms with E-state index in [1.165, 1.54) is 20.1 Å². The molecule has 13 atom stereocenters. The van der Waals surface area contributed by atoms with Gasteiger partial charge in [0.2, 0.25) is 0 Å². The van der Waals surface area contributed by atoms with Crippen molar-refractivity contribution < 1.29 is 48.0 Å². The van der Waals surface area contributed by atoms with E-state index in [2.05, 4.69) is 16.5 Å². The first kappa shape index (κ1) is 48.3. The van der Waals surface area contributed by atoms with Crippen LogP contribution in [0.2, 0.25) is 5.15 Å². The molecule has 2 aromatic heterocycles. The first-order chi connectivity index (χ1) is 28.7. The maximum absolute atomic E-state index is 14.8. The number of ether oxygens (including phenoxy) is 5. The molecule has 338 valence electrons. The van der Waals surface area contributed by atoms with Gasteiger partial charge in [-0.2, -0.15) is 0 Å². The zero-order valence-electron chi connectivity index (χ0n) is 37.6. The second-order valence-corrected chi connectivity index (χ2v) is 18.1. The molecule has 0 spiro atoms. The Balaban J connectivity index is 1.45. The number of carbonyl (C=O) groups excluding carboxylic acids is 4. The number of aliphatic hydroxyl groups excluding tert-OH is 1. The largest absolute Gasteiger partial charge is 0.457 e. The number of esters is 1. The fourth-order valence-corrected chi connectivity index (χ4v) is 9.69. The van der Waals surface area contributed by atoms with Crippen LogP contribution in [0.3, 0.4) is 0 Å². The Morgan fingerprint density at radius 1 is 1.07 bits per heavy atom. The lowest BCUT2D eigenvalue weighted by Gasteiger charge is -2.47. The summed E-state index contributed by atoms with van der Waals surface area (Å²) in [5.41, 5.74) is -0.449. The van der Waals surface area contributed by atoms with Crippen molar-refractivity contribution in [2.45, 2.75) is 148 Å². The Morgan fingerprint density at radius 2 is 1.75 bits per heavy atom. The molecule has 1 unspecified atom stereocenters. The SMILES string of the molecule is C=C[C@]12OC(=O)N(CCCCn3cnc(-c4cnc(Cl)c(C)c4)c3)[C@@H]1[C@@H](C)C(=O)[C@H](C)C[C@](C)(OC)[C@H](OC1O[C@H](C)C[C@H](N(C)C)[C@H]1O)[C@@H](C)C(=O)[C@@H](C)C(=O)O[C@@H]2CC. The second kappa shape index (κ2) is 19.8. The van der Waals surface area contributed by atoms with E-state index in [-0.39, 0.29) is 37.3 Å². The van der Waals surface area contributed by atoms with Gasteiger partial charge in [0.15, 0.2) is 17.7 Å². The summed E-state index contributed by atoms with van der Waals surface area (Å²) in [4.78, 5) is 69.5. The van der Waals surface area contributed by atoms with Gasteiger partial charge >= 0.3 is 12.1 Å². The van der Waals surface area contributed by atoms with Crippen molar-refractivity contribution in [2.24, 2.45) is 23.7 Å². The van der Waals surface area contributed by atoms with E-state index in [1.807, 2.05) is 49.7 Å². The van der Waals surface area contributed by atoms with E-state index in [9.17, 15) is 24.3 Å². The number of methoxy groups -OCH3 is 1. The number of aliphatic hydroxyl groups is 1. The van der Waals surface area contributed by atoms with Gasteiger partial charge in [0, 0.05) is 62.0 Å². The number of fused-ring (bicyclic) bond motifs is 1. The summed E-state index contributed by atoms with van der Waals surface area (Å²) < 4.78 is 33.3. The highest BCUT2D eigenvalue weighted by Crippen LogP contribution is 2.44. The summed E-state index contributed by atoms with van der Waals surface area (Å²) in [6.45, 7) is 18.9. The van der Waals surface area contributed by atoms with Gasteiger partial charge in [0.1, 0.15) is 29.1 Å². The van der Waals surface area contributed by atoms with E-state index in [4.69, 9.17) is 35.3 Å². The van der Waals surface area contributed by atoms with E-state index < -0.39 is 83.4 Å². The van der Waals surface area contributed by atoms with Crippen LogP contribution in [0.25, 0.3) is 11.3 Å². The minimum atomic E-state index is -1.61. The molecule has 0 aliphatic carbocycles. The Labute approximate surface area is 365 Å².